The van der Waals surface area contributed by atoms with Crippen molar-refractivity contribution in [3.05, 3.63) is 0 Å². The molecular formula is C11H18F3NO2. The van der Waals surface area contributed by atoms with E-state index in [0.717, 1.165) is 25.7 Å². The number of carbonyl (C=O) groups is 1. The Morgan fingerprint density at radius 3 is 2.41 bits per heavy atom. The fraction of sp³-hybridized carbons (Fsp3) is 0.909. The van der Waals surface area contributed by atoms with E-state index in [1.54, 1.807) is 0 Å². The number of rotatable bonds is 3. The van der Waals surface area contributed by atoms with Crippen LogP contribution in [0.2, 0.25) is 0 Å². The Bertz CT molecular complexity index is 248. The van der Waals surface area contributed by atoms with Gasteiger partial charge in [-0.2, -0.15) is 13.2 Å². The Morgan fingerprint density at radius 2 is 1.94 bits per heavy atom. The summed E-state index contributed by atoms with van der Waals surface area (Å²) in [6, 6.07) is 0. The molecular weight excluding hydrogens is 235 g/mol. The van der Waals surface area contributed by atoms with E-state index in [4.69, 9.17) is 0 Å². The van der Waals surface area contributed by atoms with Crippen molar-refractivity contribution in [2.75, 3.05) is 19.7 Å². The van der Waals surface area contributed by atoms with E-state index in [1.165, 1.54) is 4.90 Å². The number of alkyl halides is 3. The lowest BCUT2D eigenvalue weighted by atomic mass is 9.93. The van der Waals surface area contributed by atoms with Crippen LogP contribution in [0.15, 0.2) is 0 Å². The summed E-state index contributed by atoms with van der Waals surface area (Å²) in [5.74, 6) is 0.590. The number of hydrogen-bond donors (Lipinski definition) is 0. The van der Waals surface area contributed by atoms with Crippen LogP contribution in [0.3, 0.4) is 0 Å². The fourth-order valence-electron chi connectivity index (χ4n) is 2.05. The maximum Gasteiger partial charge on any atom is 0.422 e. The molecule has 1 heterocycles. The van der Waals surface area contributed by atoms with Crippen molar-refractivity contribution >= 4 is 6.09 Å². The number of piperidine rings is 1. The highest BCUT2D eigenvalue weighted by molar-refractivity contribution is 5.67. The predicted octanol–water partition coefficient (Wildman–Crippen LogP) is 3.20. The highest BCUT2D eigenvalue weighted by Gasteiger charge is 2.31. The minimum atomic E-state index is -4.45. The van der Waals surface area contributed by atoms with Crippen molar-refractivity contribution in [2.24, 2.45) is 5.92 Å². The van der Waals surface area contributed by atoms with Crippen molar-refractivity contribution < 1.29 is 22.7 Å². The standard InChI is InChI=1S/C11H18F3NO2/c1-2-3-9-4-6-15(7-5-9)10(16)17-8-11(12,13)14/h9H,2-8H2,1H3. The lowest BCUT2D eigenvalue weighted by Crippen LogP contribution is -2.40. The summed E-state index contributed by atoms with van der Waals surface area (Å²) in [7, 11) is 0. The summed E-state index contributed by atoms with van der Waals surface area (Å²) in [4.78, 5) is 12.7. The molecule has 3 nitrogen and oxygen atoms in total. The van der Waals surface area contributed by atoms with Gasteiger partial charge < -0.3 is 9.64 Å². The lowest BCUT2D eigenvalue weighted by molar-refractivity contribution is -0.162. The molecule has 1 amide bonds. The average molecular weight is 253 g/mol. The lowest BCUT2D eigenvalue weighted by Gasteiger charge is -2.31. The van der Waals surface area contributed by atoms with Gasteiger partial charge in [-0.25, -0.2) is 4.79 Å². The second kappa shape index (κ2) is 6.12. The monoisotopic (exact) mass is 253 g/mol. The number of hydrogen-bond acceptors (Lipinski definition) is 2. The van der Waals surface area contributed by atoms with Crippen LogP contribution >= 0.6 is 0 Å². The minimum Gasteiger partial charge on any atom is -0.440 e. The van der Waals surface area contributed by atoms with E-state index in [9.17, 15) is 18.0 Å². The number of amides is 1. The van der Waals surface area contributed by atoms with Gasteiger partial charge in [-0.05, 0) is 18.8 Å². The van der Waals surface area contributed by atoms with Gasteiger partial charge >= 0.3 is 12.3 Å². The SMILES string of the molecule is CCCC1CCN(C(=O)OCC(F)(F)F)CC1. The van der Waals surface area contributed by atoms with Gasteiger partial charge in [0.1, 0.15) is 0 Å². The largest absolute Gasteiger partial charge is 0.440 e. The zero-order valence-electron chi connectivity index (χ0n) is 9.92. The molecule has 17 heavy (non-hydrogen) atoms. The first-order chi connectivity index (χ1) is 7.92. The molecule has 1 saturated heterocycles. The molecule has 0 unspecified atom stereocenters. The van der Waals surface area contributed by atoms with Gasteiger partial charge in [0.15, 0.2) is 6.61 Å². The van der Waals surface area contributed by atoms with Gasteiger partial charge in [0, 0.05) is 13.1 Å². The van der Waals surface area contributed by atoms with Gasteiger partial charge in [-0.1, -0.05) is 19.8 Å². The zero-order chi connectivity index (χ0) is 12.9. The number of carbonyl (C=O) groups excluding carboxylic acids is 1. The summed E-state index contributed by atoms with van der Waals surface area (Å²) < 4.78 is 39.8. The average Bonchev–Trinajstić information content (AvgIpc) is 2.26. The van der Waals surface area contributed by atoms with Gasteiger partial charge in [0.2, 0.25) is 0 Å². The summed E-state index contributed by atoms with van der Waals surface area (Å²) in [6.45, 7) is 1.60. The molecule has 100 valence electrons. The van der Waals surface area contributed by atoms with Gasteiger partial charge in [0.05, 0.1) is 0 Å². The van der Waals surface area contributed by atoms with Crippen LogP contribution in [-0.4, -0.2) is 36.9 Å². The molecule has 0 atom stereocenters. The first kappa shape index (κ1) is 14.1. The van der Waals surface area contributed by atoms with Crippen molar-refractivity contribution in [2.45, 2.75) is 38.8 Å². The van der Waals surface area contributed by atoms with Crippen molar-refractivity contribution in [1.29, 1.82) is 0 Å². The maximum absolute atomic E-state index is 11.8. The number of nitrogens with zero attached hydrogens (tertiary/aromatic N) is 1. The molecule has 0 aromatic rings. The van der Waals surface area contributed by atoms with Crippen LogP contribution < -0.4 is 0 Å². The van der Waals surface area contributed by atoms with Crippen LogP contribution in [0.4, 0.5) is 18.0 Å². The van der Waals surface area contributed by atoms with Crippen molar-refractivity contribution in [3.8, 4) is 0 Å². The molecule has 1 fully saturated rings. The summed E-state index contributed by atoms with van der Waals surface area (Å²) >= 11 is 0. The zero-order valence-corrected chi connectivity index (χ0v) is 9.92. The Hall–Kier alpha value is -0.940. The number of likely N-dealkylation sites (tertiary alicyclic amines) is 1. The van der Waals surface area contributed by atoms with Gasteiger partial charge in [-0.3, -0.25) is 0 Å². The van der Waals surface area contributed by atoms with E-state index in [0.29, 0.717) is 19.0 Å². The van der Waals surface area contributed by atoms with Gasteiger partial charge in [-0.15, -0.1) is 0 Å². The first-order valence-electron chi connectivity index (χ1n) is 5.91. The van der Waals surface area contributed by atoms with Crippen LogP contribution in [0.25, 0.3) is 0 Å². The van der Waals surface area contributed by atoms with E-state index < -0.39 is 18.9 Å². The Morgan fingerprint density at radius 1 is 1.35 bits per heavy atom. The normalized spacial score (nSPS) is 18.2. The van der Waals surface area contributed by atoms with E-state index in [1.807, 2.05) is 0 Å². The highest BCUT2D eigenvalue weighted by Crippen LogP contribution is 2.22. The maximum atomic E-state index is 11.8. The first-order valence-corrected chi connectivity index (χ1v) is 5.91. The third-order valence-corrected chi connectivity index (χ3v) is 2.93. The molecule has 0 aromatic heterocycles. The molecule has 0 radical (unpaired) electrons. The van der Waals surface area contributed by atoms with Crippen molar-refractivity contribution in [3.63, 3.8) is 0 Å². The summed E-state index contributed by atoms with van der Waals surface area (Å²) in [6.07, 6.45) is -1.37. The summed E-state index contributed by atoms with van der Waals surface area (Å²) in [5.41, 5.74) is 0. The molecule has 0 N–H and O–H groups in total. The summed E-state index contributed by atoms with van der Waals surface area (Å²) in [5, 5.41) is 0. The Labute approximate surface area is 98.9 Å². The predicted molar refractivity (Wildman–Crippen MR) is 56.6 cm³/mol. The highest BCUT2D eigenvalue weighted by atomic mass is 19.4. The Balaban J connectivity index is 2.26. The Kier molecular flexibility index (Phi) is 5.08. The fourth-order valence-corrected chi connectivity index (χ4v) is 2.05. The van der Waals surface area contributed by atoms with E-state index in [2.05, 4.69) is 11.7 Å². The molecule has 0 aromatic carbocycles. The third kappa shape index (κ3) is 5.28. The van der Waals surface area contributed by atoms with Gasteiger partial charge in [0.25, 0.3) is 0 Å². The molecule has 0 saturated carbocycles. The molecule has 6 heteroatoms. The van der Waals surface area contributed by atoms with Crippen LogP contribution in [0.1, 0.15) is 32.6 Å². The quantitative estimate of drug-likeness (QED) is 0.773. The smallest absolute Gasteiger partial charge is 0.422 e. The molecule has 0 spiro atoms. The number of halogens is 3. The van der Waals surface area contributed by atoms with Crippen molar-refractivity contribution in [1.82, 2.24) is 4.90 Å². The van der Waals surface area contributed by atoms with E-state index in [-0.39, 0.29) is 0 Å². The second-order valence-electron chi connectivity index (χ2n) is 4.39. The molecule has 0 aliphatic carbocycles. The molecule has 1 rings (SSSR count). The molecule has 0 bridgehead atoms. The third-order valence-electron chi connectivity index (χ3n) is 2.93. The second-order valence-corrected chi connectivity index (χ2v) is 4.39. The minimum absolute atomic E-state index is 0.501. The molecule has 1 aliphatic rings. The van der Waals surface area contributed by atoms with Crippen LogP contribution in [0.5, 0.6) is 0 Å². The van der Waals surface area contributed by atoms with Crippen LogP contribution in [-0.2, 0) is 4.74 Å². The van der Waals surface area contributed by atoms with Crippen LogP contribution in [0, 0.1) is 5.92 Å². The topological polar surface area (TPSA) is 29.5 Å². The molecule has 1 aliphatic heterocycles. The van der Waals surface area contributed by atoms with E-state index >= 15 is 0 Å². The number of ether oxygens (including phenoxy) is 1.